The summed E-state index contributed by atoms with van der Waals surface area (Å²) >= 11 is 0. The number of aromatic nitrogens is 3. The maximum Gasteiger partial charge on any atom is 0.254 e. The third kappa shape index (κ3) is 5.02. The van der Waals surface area contributed by atoms with Crippen molar-refractivity contribution in [3.63, 3.8) is 0 Å². The number of hydrogen-bond acceptors (Lipinski definition) is 7. The molecule has 1 N–H and O–H groups in total. The van der Waals surface area contributed by atoms with E-state index >= 15 is 0 Å². The minimum absolute atomic E-state index is 0.0107. The second kappa shape index (κ2) is 9.87. The second-order valence-corrected chi connectivity index (χ2v) is 11.1. The average molecular weight is 493 g/mol. The summed E-state index contributed by atoms with van der Waals surface area (Å²) in [5.74, 6) is 0.0758. The first-order valence-electron chi connectivity index (χ1n) is 11.7. The molecule has 2 aliphatic rings. The largest absolute Gasteiger partial charge is 0.360 e. The van der Waals surface area contributed by atoms with Gasteiger partial charge in [-0.2, -0.15) is 9.40 Å². The molecule has 0 radical (unpaired) electrons. The summed E-state index contributed by atoms with van der Waals surface area (Å²) in [6.45, 7) is 5.53. The molecule has 2 aliphatic heterocycles. The third-order valence-corrected chi connectivity index (χ3v) is 8.85. The fourth-order valence-electron chi connectivity index (χ4n) is 4.83. The molecule has 0 saturated carbocycles. The van der Waals surface area contributed by atoms with Crippen molar-refractivity contribution >= 4 is 21.8 Å². The predicted octanol–water partition coefficient (Wildman–Crippen LogP) is 1.09. The zero-order valence-electron chi connectivity index (χ0n) is 19.9. The Kier molecular flexibility index (Phi) is 7.08. The lowest BCUT2D eigenvalue weighted by atomic mass is 9.93. The normalized spacial score (nSPS) is 20.4. The SMILES string of the molecule is Cc1noc(C)c1S(=O)(=O)N1CCC[C@@H](C(=O)N2CCC(CNC(=O)c3cnn(C)c3)CC2)C1. The van der Waals surface area contributed by atoms with Crippen LogP contribution >= 0.6 is 0 Å². The summed E-state index contributed by atoms with van der Waals surface area (Å²) in [5.41, 5.74) is 0.868. The van der Waals surface area contributed by atoms with Crippen LogP contribution in [0.1, 0.15) is 47.5 Å². The Morgan fingerprint density at radius 2 is 1.91 bits per heavy atom. The van der Waals surface area contributed by atoms with E-state index in [9.17, 15) is 18.0 Å². The number of nitrogens with one attached hydrogen (secondary N) is 1. The number of amides is 2. The first-order chi connectivity index (χ1) is 16.2. The highest BCUT2D eigenvalue weighted by molar-refractivity contribution is 7.89. The zero-order valence-corrected chi connectivity index (χ0v) is 20.7. The highest BCUT2D eigenvalue weighted by Gasteiger charge is 2.38. The number of nitrogens with zero attached hydrogens (tertiary/aromatic N) is 5. The van der Waals surface area contributed by atoms with Gasteiger partial charge in [0.05, 0.1) is 17.7 Å². The van der Waals surface area contributed by atoms with Crippen molar-refractivity contribution in [2.75, 3.05) is 32.7 Å². The van der Waals surface area contributed by atoms with E-state index in [2.05, 4.69) is 15.6 Å². The number of sulfonamides is 1. The molecule has 2 saturated heterocycles. The smallest absolute Gasteiger partial charge is 0.254 e. The van der Waals surface area contributed by atoms with E-state index in [1.807, 2.05) is 4.90 Å². The van der Waals surface area contributed by atoms with Crippen molar-refractivity contribution in [3.8, 4) is 0 Å². The maximum absolute atomic E-state index is 13.2. The van der Waals surface area contributed by atoms with Crippen LogP contribution in [-0.2, 0) is 21.9 Å². The van der Waals surface area contributed by atoms with Gasteiger partial charge in [-0.1, -0.05) is 5.16 Å². The van der Waals surface area contributed by atoms with Gasteiger partial charge >= 0.3 is 0 Å². The molecular weight excluding hydrogens is 460 g/mol. The van der Waals surface area contributed by atoms with Gasteiger partial charge in [-0.25, -0.2) is 8.42 Å². The van der Waals surface area contributed by atoms with Crippen molar-refractivity contribution in [1.82, 2.24) is 29.5 Å². The second-order valence-electron chi connectivity index (χ2n) is 9.24. The fourth-order valence-corrected chi connectivity index (χ4v) is 6.64. The number of carbonyl (C=O) groups is 2. The first-order valence-corrected chi connectivity index (χ1v) is 13.1. The molecule has 1 atom stereocenters. The van der Waals surface area contributed by atoms with Crippen LogP contribution in [0.15, 0.2) is 21.8 Å². The van der Waals surface area contributed by atoms with E-state index in [1.165, 1.54) is 10.5 Å². The van der Waals surface area contributed by atoms with Crippen molar-refractivity contribution < 1.29 is 22.5 Å². The summed E-state index contributed by atoms with van der Waals surface area (Å²) in [5, 5.41) is 10.7. The van der Waals surface area contributed by atoms with E-state index in [1.54, 1.807) is 31.8 Å². The van der Waals surface area contributed by atoms with E-state index < -0.39 is 10.0 Å². The Labute approximate surface area is 199 Å². The summed E-state index contributed by atoms with van der Waals surface area (Å²) in [6, 6.07) is 0. The van der Waals surface area contributed by atoms with Gasteiger partial charge in [-0.3, -0.25) is 14.3 Å². The van der Waals surface area contributed by atoms with Crippen LogP contribution in [0.2, 0.25) is 0 Å². The van der Waals surface area contributed by atoms with Crippen molar-refractivity contribution in [3.05, 3.63) is 29.4 Å². The van der Waals surface area contributed by atoms with Crippen molar-refractivity contribution in [2.45, 2.75) is 44.4 Å². The number of aryl methyl sites for hydroxylation is 3. The van der Waals surface area contributed by atoms with Crippen LogP contribution in [0.3, 0.4) is 0 Å². The van der Waals surface area contributed by atoms with Gasteiger partial charge in [-0.15, -0.1) is 0 Å². The Balaban J connectivity index is 1.29. The van der Waals surface area contributed by atoms with Gasteiger partial charge in [0, 0.05) is 46.0 Å². The fraction of sp³-hybridized carbons (Fsp3) is 0.636. The van der Waals surface area contributed by atoms with Crippen LogP contribution in [-0.4, -0.2) is 77.1 Å². The van der Waals surface area contributed by atoms with E-state index in [0.29, 0.717) is 56.2 Å². The summed E-state index contributed by atoms with van der Waals surface area (Å²) in [6.07, 6.45) is 6.12. The maximum atomic E-state index is 13.2. The summed E-state index contributed by atoms with van der Waals surface area (Å²) < 4.78 is 34.4. The van der Waals surface area contributed by atoms with Gasteiger partial charge in [0.2, 0.25) is 15.9 Å². The van der Waals surface area contributed by atoms with Crippen LogP contribution in [0.5, 0.6) is 0 Å². The van der Waals surface area contributed by atoms with E-state index in [4.69, 9.17) is 4.52 Å². The Morgan fingerprint density at radius 3 is 2.53 bits per heavy atom. The van der Waals surface area contributed by atoms with Crippen LogP contribution in [0, 0.1) is 25.7 Å². The lowest BCUT2D eigenvalue weighted by Gasteiger charge is -2.37. The summed E-state index contributed by atoms with van der Waals surface area (Å²) in [7, 11) is -2.00. The topological polar surface area (TPSA) is 131 Å². The van der Waals surface area contributed by atoms with Gasteiger partial charge in [-0.05, 0) is 45.4 Å². The van der Waals surface area contributed by atoms with Crippen LogP contribution in [0.4, 0.5) is 0 Å². The van der Waals surface area contributed by atoms with Gasteiger partial charge in [0.25, 0.3) is 5.91 Å². The summed E-state index contributed by atoms with van der Waals surface area (Å²) in [4.78, 5) is 27.4. The molecule has 2 aromatic rings. The molecule has 4 heterocycles. The van der Waals surface area contributed by atoms with E-state index in [-0.39, 0.29) is 34.9 Å². The zero-order chi connectivity index (χ0) is 24.5. The molecule has 12 heteroatoms. The molecule has 11 nitrogen and oxygen atoms in total. The van der Waals surface area contributed by atoms with Crippen LogP contribution < -0.4 is 5.32 Å². The molecule has 0 aliphatic carbocycles. The molecule has 0 spiro atoms. The average Bonchev–Trinajstić information content (AvgIpc) is 3.42. The van der Waals surface area contributed by atoms with Crippen molar-refractivity contribution in [2.24, 2.45) is 18.9 Å². The lowest BCUT2D eigenvalue weighted by Crippen LogP contribution is -2.49. The molecule has 2 aromatic heterocycles. The molecule has 4 rings (SSSR count). The molecule has 2 amide bonds. The molecule has 34 heavy (non-hydrogen) atoms. The first kappa shape index (κ1) is 24.4. The highest BCUT2D eigenvalue weighted by atomic mass is 32.2. The Bertz CT molecular complexity index is 1130. The standard InChI is InChI=1S/C22H32N6O5S/c1-15-20(16(2)33-25-15)34(31,32)28-8-4-5-18(14-28)22(30)27-9-6-17(7-10-27)11-23-21(29)19-12-24-26(3)13-19/h12-13,17-18H,4-11,14H2,1-3H3,(H,23,29)/t18-/m1/s1. The number of piperidine rings is 2. The monoisotopic (exact) mass is 492 g/mol. The molecule has 0 unspecified atom stereocenters. The van der Waals surface area contributed by atoms with Crippen molar-refractivity contribution in [1.29, 1.82) is 0 Å². The Hall–Kier alpha value is -2.73. The minimum atomic E-state index is -3.76. The molecular formula is C22H32N6O5S. The third-order valence-electron chi connectivity index (χ3n) is 6.74. The quantitative estimate of drug-likeness (QED) is 0.639. The number of rotatable bonds is 6. The van der Waals surface area contributed by atoms with Crippen LogP contribution in [0.25, 0.3) is 0 Å². The highest BCUT2D eigenvalue weighted by Crippen LogP contribution is 2.29. The lowest BCUT2D eigenvalue weighted by molar-refractivity contribution is -0.138. The Morgan fingerprint density at radius 1 is 1.18 bits per heavy atom. The van der Waals surface area contributed by atoms with E-state index in [0.717, 1.165) is 12.8 Å². The number of carbonyl (C=O) groups excluding carboxylic acids is 2. The molecule has 0 bridgehead atoms. The number of likely N-dealkylation sites (tertiary alicyclic amines) is 1. The van der Waals surface area contributed by atoms with Gasteiger partial charge < -0.3 is 14.7 Å². The van der Waals surface area contributed by atoms with Gasteiger partial charge in [0.15, 0.2) is 5.76 Å². The molecule has 186 valence electrons. The minimum Gasteiger partial charge on any atom is -0.360 e. The number of hydrogen-bond donors (Lipinski definition) is 1. The molecule has 2 fully saturated rings. The molecule has 0 aromatic carbocycles. The van der Waals surface area contributed by atoms with Gasteiger partial charge in [0.1, 0.15) is 10.6 Å². The predicted molar refractivity (Wildman–Crippen MR) is 122 cm³/mol.